The van der Waals surface area contributed by atoms with E-state index in [-0.39, 0.29) is 0 Å². The summed E-state index contributed by atoms with van der Waals surface area (Å²) in [5.41, 5.74) is 3.36. The highest BCUT2D eigenvalue weighted by Crippen LogP contribution is 2.11. The normalized spacial score (nSPS) is 10.7. The number of aromatic nitrogens is 3. The van der Waals surface area contributed by atoms with E-state index in [2.05, 4.69) is 21.4 Å². The summed E-state index contributed by atoms with van der Waals surface area (Å²) in [6.45, 7) is 4.89. The molecule has 2 rings (SSSR count). The quantitative estimate of drug-likeness (QED) is 0.847. The molecule has 0 aliphatic carbocycles. The molecule has 4 nitrogen and oxygen atoms in total. The zero-order chi connectivity index (χ0) is 11.5. The number of pyridine rings is 1. The summed E-state index contributed by atoms with van der Waals surface area (Å²) in [6, 6.07) is 4.09. The fraction of sp³-hybridized carbons (Fsp3) is 0.333. The molecule has 0 fully saturated rings. The number of nitrogens with one attached hydrogen (secondary N) is 1. The molecule has 2 heterocycles. The summed E-state index contributed by atoms with van der Waals surface area (Å²) in [5, 5.41) is 3.10. The molecule has 1 N–H and O–H groups in total. The second-order valence-corrected chi connectivity index (χ2v) is 3.84. The number of hydrogen-bond acceptors (Lipinski definition) is 3. The van der Waals surface area contributed by atoms with Crippen molar-refractivity contribution in [3.63, 3.8) is 0 Å². The minimum atomic E-state index is 0.842. The molecule has 0 bridgehead atoms. The maximum Gasteiger partial charge on any atom is 0.138 e. The van der Waals surface area contributed by atoms with E-state index in [9.17, 15) is 0 Å². The van der Waals surface area contributed by atoms with E-state index in [0.717, 1.165) is 23.8 Å². The molecule has 16 heavy (non-hydrogen) atoms. The molecule has 0 aromatic carbocycles. The SMILES string of the molecule is CNCc1ccc(-n2cnc(C)c2C)nc1. The van der Waals surface area contributed by atoms with Crippen molar-refractivity contribution < 1.29 is 0 Å². The highest BCUT2D eigenvalue weighted by atomic mass is 15.1. The molecule has 0 spiro atoms. The van der Waals surface area contributed by atoms with Gasteiger partial charge in [0.1, 0.15) is 12.1 Å². The molecule has 84 valence electrons. The lowest BCUT2D eigenvalue weighted by Crippen LogP contribution is -2.06. The zero-order valence-corrected chi connectivity index (χ0v) is 9.86. The van der Waals surface area contributed by atoms with Gasteiger partial charge in [0.25, 0.3) is 0 Å². The summed E-state index contributed by atoms with van der Waals surface area (Å²) < 4.78 is 2.00. The van der Waals surface area contributed by atoms with Gasteiger partial charge < -0.3 is 5.32 Å². The molecule has 0 saturated heterocycles. The van der Waals surface area contributed by atoms with Gasteiger partial charge in [-0.25, -0.2) is 9.97 Å². The predicted octanol–water partition coefficient (Wildman–Crippen LogP) is 1.60. The Labute approximate surface area is 95.4 Å². The first kappa shape index (κ1) is 10.8. The van der Waals surface area contributed by atoms with E-state index in [4.69, 9.17) is 0 Å². The van der Waals surface area contributed by atoms with Gasteiger partial charge in [-0.3, -0.25) is 4.57 Å². The third-order valence-corrected chi connectivity index (χ3v) is 2.69. The Hall–Kier alpha value is -1.68. The van der Waals surface area contributed by atoms with Crippen LogP contribution in [-0.2, 0) is 6.54 Å². The van der Waals surface area contributed by atoms with Gasteiger partial charge in [-0.2, -0.15) is 0 Å². The summed E-state index contributed by atoms with van der Waals surface area (Å²) in [6.07, 6.45) is 3.70. The first-order valence-corrected chi connectivity index (χ1v) is 5.33. The van der Waals surface area contributed by atoms with E-state index in [1.165, 1.54) is 5.56 Å². The third kappa shape index (κ3) is 1.97. The molecule has 0 atom stereocenters. The van der Waals surface area contributed by atoms with E-state index in [1.807, 2.05) is 44.1 Å². The second kappa shape index (κ2) is 4.45. The van der Waals surface area contributed by atoms with E-state index in [0.29, 0.717) is 0 Å². The summed E-state index contributed by atoms with van der Waals surface area (Å²) in [5.74, 6) is 0.915. The first-order chi connectivity index (χ1) is 7.72. The fourth-order valence-corrected chi connectivity index (χ4v) is 1.60. The van der Waals surface area contributed by atoms with Crippen molar-refractivity contribution in [2.45, 2.75) is 20.4 Å². The molecule has 0 radical (unpaired) electrons. The molecule has 0 unspecified atom stereocenters. The summed E-state index contributed by atoms with van der Waals surface area (Å²) >= 11 is 0. The largest absolute Gasteiger partial charge is 0.316 e. The van der Waals surface area contributed by atoms with E-state index < -0.39 is 0 Å². The number of rotatable bonds is 3. The number of imidazole rings is 1. The zero-order valence-electron chi connectivity index (χ0n) is 9.86. The fourth-order valence-electron chi connectivity index (χ4n) is 1.60. The lowest BCUT2D eigenvalue weighted by atomic mass is 10.3. The van der Waals surface area contributed by atoms with Crippen LogP contribution in [0.5, 0.6) is 0 Å². The Morgan fingerprint density at radius 3 is 2.56 bits per heavy atom. The molecule has 0 aliphatic rings. The van der Waals surface area contributed by atoms with E-state index in [1.54, 1.807) is 0 Å². The van der Waals surface area contributed by atoms with Gasteiger partial charge in [-0.05, 0) is 32.5 Å². The van der Waals surface area contributed by atoms with Crippen LogP contribution in [0.2, 0.25) is 0 Å². The van der Waals surface area contributed by atoms with Crippen molar-refractivity contribution in [2.24, 2.45) is 0 Å². The Bertz CT molecular complexity index is 470. The maximum absolute atomic E-state index is 4.42. The Balaban J connectivity index is 2.31. The molecule has 0 amide bonds. The van der Waals surface area contributed by atoms with Crippen LogP contribution >= 0.6 is 0 Å². The van der Waals surface area contributed by atoms with Crippen LogP contribution < -0.4 is 5.32 Å². The van der Waals surface area contributed by atoms with Crippen LogP contribution in [0.1, 0.15) is 17.0 Å². The van der Waals surface area contributed by atoms with Gasteiger partial charge in [0.2, 0.25) is 0 Å². The third-order valence-electron chi connectivity index (χ3n) is 2.69. The van der Waals surface area contributed by atoms with Crippen molar-refractivity contribution in [1.82, 2.24) is 19.9 Å². The van der Waals surface area contributed by atoms with Crippen molar-refractivity contribution >= 4 is 0 Å². The topological polar surface area (TPSA) is 42.7 Å². The standard InChI is InChI=1S/C12H16N4/c1-9-10(2)16(8-15-9)12-5-4-11(6-13-3)7-14-12/h4-5,7-8,13H,6H2,1-3H3. The molecule has 0 saturated carbocycles. The maximum atomic E-state index is 4.42. The van der Waals surface area contributed by atoms with Gasteiger partial charge in [-0.15, -0.1) is 0 Å². The summed E-state index contributed by atoms with van der Waals surface area (Å²) in [7, 11) is 1.93. The second-order valence-electron chi connectivity index (χ2n) is 3.84. The van der Waals surface area contributed by atoms with Crippen LogP contribution in [0.15, 0.2) is 24.7 Å². The number of aryl methyl sites for hydroxylation is 1. The van der Waals surface area contributed by atoms with Crippen molar-refractivity contribution in [1.29, 1.82) is 0 Å². The van der Waals surface area contributed by atoms with Gasteiger partial charge >= 0.3 is 0 Å². The highest BCUT2D eigenvalue weighted by Gasteiger charge is 2.04. The highest BCUT2D eigenvalue weighted by molar-refractivity contribution is 5.29. The molecule has 2 aromatic rings. The van der Waals surface area contributed by atoms with Crippen molar-refractivity contribution in [3.8, 4) is 5.82 Å². The average molecular weight is 216 g/mol. The lowest BCUT2D eigenvalue weighted by Gasteiger charge is -2.05. The molecule has 4 heteroatoms. The van der Waals surface area contributed by atoms with E-state index >= 15 is 0 Å². The Kier molecular flexibility index (Phi) is 3.01. The van der Waals surface area contributed by atoms with Gasteiger partial charge in [0.15, 0.2) is 0 Å². The molecule has 2 aromatic heterocycles. The van der Waals surface area contributed by atoms with Gasteiger partial charge in [-0.1, -0.05) is 6.07 Å². The number of hydrogen-bond donors (Lipinski definition) is 1. The number of nitrogens with zero attached hydrogens (tertiary/aromatic N) is 3. The molecular formula is C12H16N4. The van der Waals surface area contributed by atoms with Crippen molar-refractivity contribution in [3.05, 3.63) is 41.6 Å². The van der Waals surface area contributed by atoms with Crippen LogP contribution in [-0.4, -0.2) is 21.6 Å². The minimum absolute atomic E-state index is 0.842. The van der Waals surface area contributed by atoms with Crippen LogP contribution in [0.3, 0.4) is 0 Å². The first-order valence-electron chi connectivity index (χ1n) is 5.33. The average Bonchev–Trinajstić information content (AvgIpc) is 2.62. The summed E-state index contributed by atoms with van der Waals surface area (Å²) in [4.78, 5) is 8.69. The van der Waals surface area contributed by atoms with Crippen LogP contribution in [0, 0.1) is 13.8 Å². The van der Waals surface area contributed by atoms with Crippen molar-refractivity contribution in [2.75, 3.05) is 7.05 Å². The van der Waals surface area contributed by atoms with Crippen LogP contribution in [0.4, 0.5) is 0 Å². The minimum Gasteiger partial charge on any atom is -0.316 e. The lowest BCUT2D eigenvalue weighted by molar-refractivity contribution is 0.810. The predicted molar refractivity (Wildman–Crippen MR) is 63.6 cm³/mol. The molecular weight excluding hydrogens is 200 g/mol. The monoisotopic (exact) mass is 216 g/mol. The van der Waals surface area contributed by atoms with Gasteiger partial charge in [0.05, 0.1) is 5.69 Å². The smallest absolute Gasteiger partial charge is 0.138 e. The molecule has 0 aliphatic heterocycles. The van der Waals surface area contributed by atoms with Gasteiger partial charge in [0, 0.05) is 18.4 Å². The Morgan fingerprint density at radius 1 is 1.25 bits per heavy atom. The van der Waals surface area contributed by atoms with Crippen LogP contribution in [0.25, 0.3) is 5.82 Å². The Morgan fingerprint density at radius 2 is 2.06 bits per heavy atom.